The van der Waals surface area contributed by atoms with Crippen molar-refractivity contribution in [3.05, 3.63) is 24.3 Å². The number of anilines is 1. The van der Waals surface area contributed by atoms with Crippen LogP contribution in [0.15, 0.2) is 24.3 Å². The molecule has 1 aliphatic rings. The molecule has 1 aromatic carbocycles. The third-order valence-electron chi connectivity index (χ3n) is 1.37. The number of benzene rings is 1. The fourth-order valence-corrected chi connectivity index (χ4v) is 0.929. The molecule has 3 heteroatoms. The summed E-state index contributed by atoms with van der Waals surface area (Å²) in [6, 6.07) is 7.06. The van der Waals surface area contributed by atoms with E-state index in [1.807, 2.05) is 18.2 Å². The molecule has 2 rings (SSSR count). The van der Waals surface area contributed by atoms with Crippen LogP contribution in [0.3, 0.4) is 0 Å². The number of para-hydroxylation sites is 2. The molecule has 1 radical (unpaired) electrons. The average Bonchev–Trinajstić information content (AvgIpc) is 2.27. The lowest BCUT2D eigenvalue weighted by Crippen LogP contribution is -2.08. The van der Waals surface area contributed by atoms with E-state index >= 15 is 0 Å². The third-order valence-corrected chi connectivity index (χ3v) is 1.37. The van der Waals surface area contributed by atoms with Crippen molar-refractivity contribution in [2.45, 2.75) is 0 Å². The molecule has 2 amide bonds. The fraction of sp³-hybridized carbons (Fsp3) is 0. The number of carbonyl (C=O) groups excluding carboxylic acids is 1. The maximum atomic E-state index is 10.6. The normalized spacial score (nSPS) is 13.8. The minimum absolute atomic E-state index is 0.277. The van der Waals surface area contributed by atoms with Crippen LogP contribution in [0.25, 0.3) is 0 Å². The van der Waals surface area contributed by atoms with Crippen molar-refractivity contribution in [3.63, 3.8) is 0 Å². The van der Waals surface area contributed by atoms with Crippen LogP contribution in [0.1, 0.15) is 0 Å². The molecule has 0 aromatic heterocycles. The Morgan fingerprint density at radius 1 is 1.30 bits per heavy atom. The van der Waals surface area contributed by atoms with Crippen LogP contribution in [-0.4, -0.2) is 6.03 Å². The van der Waals surface area contributed by atoms with Gasteiger partial charge in [-0.1, -0.05) is 12.1 Å². The van der Waals surface area contributed by atoms with Gasteiger partial charge in [0.2, 0.25) is 0 Å². The van der Waals surface area contributed by atoms with Gasteiger partial charge >= 0.3 is 6.03 Å². The van der Waals surface area contributed by atoms with Crippen molar-refractivity contribution >= 4 is 17.4 Å². The highest BCUT2D eigenvalue weighted by molar-refractivity contribution is 6.01. The molecule has 0 unspecified atom stereocenters. The molecule has 49 valence electrons. The van der Waals surface area contributed by atoms with Crippen molar-refractivity contribution in [2.75, 3.05) is 5.32 Å². The van der Waals surface area contributed by atoms with E-state index in [1.165, 1.54) is 0 Å². The van der Waals surface area contributed by atoms with Crippen LogP contribution < -0.4 is 10.6 Å². The summed E-state index contributed by atoms with van der Waals surface area (Å²) in [5.41, 5.74) is 1.53. The van der Waals surface area contributed by atoms with Gasteiger partial charge in [-0.25, -0.2) is 4.79 Å². The molecule has 0 atom stereocenters. The highest BCUT2D eigenvalue weighted by Gasteiger charge is 2.16. The molecule has 10 heavy (non-hydrogen) atoms. The highest BCUT2D eigenvalue weighted by Crippen LogP contribution is 2.25. The van der Waals surface area contributed by atoms with Crippen molar-refractivity contribution < 1.29 is 4.79 Å². The van der Waals surface area contributed by atoms with Crippen molar-refractivity contribution in [1.82, 2.24) is 5.32 Å². The first-order valence-electron chi connectivity index (χ1n) is 2.98. The number of nitrogens with one attached hydrogen (secondary N) is 1. The number of hydrogen-bond acceptors (Lipinski definition) is 1. The number of nitrogens with zero attached hydrogens (tertiary/aromatic N) is 1. The van der Waals surface area contributed by atoms with Crippen molar-refractivity contribution in [2.24, 2.45) is 0 Å². The molecule has 3 nitrogen and oxygen atoms in total. The van der Waals surface area contributed by atoms with E-state index < -0.39 is 0 Å². The predicted molar refractivity (Wildman–Crippen MR) is 37.3 cm³/mol. The van der Waals surface area contributed by atoms with Crippen LogP contribution in [0.5, 0.6) is 0 Å². The first kappa shape index (κ1) is 5.29. The van der Waals surface area contributed by atoms with E-state index in [2.05, 4.69) is 10.6 Å². The van der Waals surface area contributed by atoms with Crippen LogP contribution in [-0.2, 0) is 0 Å². The number of fused-ring (bicyclic) bond motifs is 1. The van der Waals surface area contributed by atoms with E-state index in [0.29, 0.717) is 0 Å². The summed E-state index contributed by atoms with van der Waals surface area (Å²) < 4.78 is 0. The standard InChI is InChI=1S/C7H5N2O/c10-7-8-5-3-1-2-4-6(5)9-7/h1-4H,(H,8,10). The topological polar surface area (TPSA) is 43.2 Å². The minimum atomic E-state index is -0.277. The highest BCUT2D eigenvalue weighted by atomic mass is 16.2. The number of amides is 2. The Hall–Kier alpha value is -1.51. The fourth-order valence-electron chi connectivity index (χ4n) is 0.929. The maximum Gasteiger partial charge on any atom is 0.346 e. The lowest BCUT2D eigenvalue weighted by atomic mass is 10.3. The number of rotatable bonds is 0. The van der Waals surface area contributed by atoms with Crippen molar-refractivity contribution in [1.29, 1.82) is 0 Å². The molecule has 0 saturated carbocycles. The zero-order valence-corrected chi connectivity index (χ0v) is 5.16. The molecular formula is C7H5N2O. The molecular weight excluding hydrogens is 128 g/mol. The quantitative estimate of drug-likeness (QED) is 0.572. The molecule has 1 aromatic rings. The van der Waals surface area contributed by atoms with E-state index in [0.717, 1.165) is 11.4 Å². The van der Waals surface area contributed by atoms with Crippen LogP contribution in [0, 0.1) is 0 Å². The Balaban J connectivity index is 2.51. The smallest absolute Gasteiger partial charge is 0.304 e. The zero-order chi connectivity index (χ0) is 6.97. The average molecular weight is 133 g/mol. The van der Waals surface area contributed by atoms with Gasteiger partial charge in [-0.05, 0) is 12.1 Å². The Labute approximate surface area is 58.1 Å². The van der Waals surface area contributed by atoms with Gasteiger partial charge in [0.05, 0.1) is 11.4 Å². The van der Waals surface area contributed by atoms with Crippen LogP contribution in [0.4, 0.5) is 16.2 Å². The summed E-state index contributed by atoms with van der Waals surface area (Å²) in [6.07, 6.45) is 0. The summed E-state index contributed by atoms with van der Waals surface area (Å²) >= 11 is 0. The van der Waals surface area contributed by atoms with Gasteiger partial charge in [-0.15, -0.1) is 0 Å². The Kier molecular flexibility index (Phi) is 0.917. The second-order valence-electron chi connectivity index (χ2n) is 2.06. The van der Waals surface area contributed by atoms with Gasteiger partial charge in [0.1, 0.15) is 0 Å². The largest absolute Gasteiger partial charge is 0.346 e. The molecule has 0 saturated heterocycles. The second-order valence-corrected chi connectivity index (χ2v) is 2.06. The van der Waals surface area contributed by atoms with Crippen LogP contribution >= 0.6 is 0 Å². The van der Waals surface area contributed by atoms with Crippen LogP contribution in [0.2, 0.25) is 0 Å². The van der Waals surface area contributed by atoms with E-state index in [1.54, 1.807) is 6.07 Å². The number of urea groups is 1. The summed E-state index contributed by atoms with van der Waals surface area (Å²) in [4.78, 5) is 10.6. The zero-order valence-electron chi connectivity index (χ0n) is 5.16. The summed E-state index contributed by atoms with van der Waals surface area (Å²) in [5, 5.41) is 6.29. The molecule has 1 N–H and O–H groups in total. The van der Waals surface area contributed by atoms with Gasteiger partial charge in [0, 0.05) is 0 Å². The molecule has 0 spiro atoms. The number of carbonyl (C=O) groups is 1. The van der Waals surface area contributed by atoms with Gasteiger partial charge in [-0.3, -0.25) is 0 Å². The Bertz CT molecular complexity index is 256. The lowest BCUT2D eigenvalue weighted by Gasteiger charge is -1.90. The summed E-state index contributed by atoms with van der Waals surface area (Å²) in [6.45, 7) is 0. The molecule has 1 heterocycles. The molecule has 0 bridgehead atoms. The van der Waals surface area contributed by atoms with Crippen molar-refractivity contribution in [3.8, 4) is 0 Å². The third kappa shape index (κ3) is 0.639. The monoisotopic (exact) mass is 133 g/mol. The Morgan fingerprint density at radius 2 is 2.10 bits per heavy atom. The van der Waals surface area contributed by atoms with Gasteiger partial charge in [0.25, 0.3) is 0 Å². The molecule has 1 aliphatic heterocycles. The Morgan fingerprint density at radius 3 is 2.90 bits per heavy atom. The number of hydrogen-bond donors (Lipinski definition) is 1. The summed E-state index contributed by atoms with van der Waals surface area (Å²) in [5.74, 6) is 0. The maximum absolute atomic E-state index is 10.6. The first-order chi connectivity index (χ1) is 4.86. The minimum Gasteiger partial charge on any atom is -0.304 e. The first-order valence-corrected chi connectivity index (χ1v) is 2.98. The van der Waals surface area contributed by atoms with E-state index in [9.17, 15) is 4.79 Å². The second kappa shape index (κ2) is 1.73. The van der Waals surface area contributed by atoms with E-state index in [-0.39, 0.29) is 6.03 Å². The van der Waals surface area contributed by atoms with E-state index in [4.69, 9.17) is 0 Å². The molecule has 0 fully saturated rings. The molecule has 0 aliphatic carbocycles. The summed E-state index contributed by atoms with van der Waals surface area (Å²) in [7, 11) is 0. The van der Waals surface area contributed by atoms with Gasteiger partial charge in [0.15, 0.2) is 0 Å². The van der Waals surface area contributed by atoms with Gasteiger partial charge < -0.3 is 5.32 Å². The predicted octanol–water partition coefficient (Wildman–Crippen LogP) is 1.47. The van der Waals surface area contributed by atoms with Gasteiger partial charge in [-0.2, -0.15) is 5.32 Å². The lowest BCUT2D eigenvalue weighted by molar-refractivity contribution is 0.256. The SMILES string of the molecule is O=C1[N]c2ccccc2N1.